The van der Waals surface area contributed by atoms with Crippen molar-refractivity contribution in [1.29, 1.82) is 0 Å². The highest BCUT2D eigenvalue weighted by atomic mass is 32.1. The molecular formula is C6H8NPS. The van der Waals surface area contributed by atoms with Gasteiger partial charge < -0.3 is 5.09 Å². The average Bonchev–Trinajstić information content (AvgIpc) is 1.90. The van der Waals surface area contributed by atoms with Gasteiger partial charge in [-0.05, 0) is 33.7 Å². The smallest absolute Gasteiger partial charge is 0.0369 e. The Bertz CT molecular complexity index is 185. The third-order valence-electron chi connectivity index (χ3n) is 1.03. The first-order valence-corrected chi connectivity index (χ1v) is 3.61. The summed E-state index contributed by atoms with van der Waals surface area (Å²) >= 11 is 4.14. The maximum Gasteiger partial charge on any atom is 0.0369 e. The van der Waals surface area contributed by atoms with E-state index < -0.39 is 0 Å². The number of anilines is 1. The Hall–Kier alpha value is -0.200. The van der Waals surface area contributed by atoms with Crippen LogP contribution in [0.2, 0.25) is 0 Å². The molecule has 0 radical (unpaired) electrons. The second-order valence-electron chi connectivity index (χ2n) is 1.69. The molecule has 1 nitrogen and oxygen atoms in total. The normalized spacial score (nSPS) is 9.11. The fourth-order valence-electron chi connectivity index (χ4n) is 0.558. The lowest BCUT2D eigenvalue weighted by Crippen LogP contribution is -1.75. The Morgan fingerprint density at radius 3 is 2.22 bits per heavy atom. The van der Waals surface area contributed by atoms with Crippen LogP contribution in [0.15, 0.2) is 29.2 Å². The van der Waals surface area contributed by atoms with Crippen LogP contribution in [0.3, 0.4) is 0 Å². The highest BCUT2D eigenvalue weighted by Gasteiger charge is 1.84. The number of thiol groups is 1. The third kappa shape index (κ3) is 1.88. The van der Waals surface area contributed by atoms with Gasteiger partial charge in [0.1, 0.15) is 0 Å². The van der Waals surface area contributed by atoms with Gasteiger partial charge in [-0.3, -0.25) is 0 Å². The summed E-state index contributed by atoms with van der Waals surface area (Å²) in [6.07, 6.45) is 0. The lowest BCUT2D eigenvalue weighted by molar-refractivity contribution is 1.48. The largest absolute Gasteiger partial charge is 0.369 e. The van der Waals surface area contributed by atoms with Crippen LogP contribution in [0.5, 0.6) is 0 Å². The van der Waals surface area contributed by atoms with E-state index in [1.165, 1.54) is 0 Å². The predicted molar refractivity (Wildman–Crippen MR) is 47.0 cm³/mol. The Morgan fingerprint density at radius 2 is 1.78 bits per heavy atom. The van der Waals surface area contributed by atoms with Gasteiger partial charge in [0.25, 0.3) is 0 Å². The van der Waals surface area contributed by atoms with Gasteiger partial charge in [-0.25, -0.2) is 0 Å². The minimum atomic E-state index is 0.985. The van der Waals surface area contributed by atoms with E-state index in [0.29, 0.717) is 0 Å². The summed E-state index contributed by atoms with van der Waals surface area (Å²) in [4.78, 5) is 0.985. The molecule has 0 heterocycles. The molecule has 1 rings (SSSR count). The second-order valence-corrected chi connectivity index (χ2v) is 2.50. The van der Waals surface area contributed by atoms with Crippen LogP contribution in [0.25, 0.3) is 0 Å². The van der Waals surface area contributed by atoms with Crippen molar-refractivity contribution in [1.82, 2.24) is 0 Å². The van der Waals surface area contributed by atoms with E-state index in [1.54, 1.807) is 0 Å². The van der Waals surface area contributed by atoms with Crippen LogP contribution in [0.4, 0.5) is 5.69 Å². The number of hydrogen-bond donors (Lipinski definition) is 2. The van der Waals surface area contributed by atoms with Gasteiger partial charge >= 0.3 is 0 Å². The minimum Gasteiger partial charge on any atom is -0.369 e. The maximum atomic E-state index is 4.14. The molecule has 0 bridgehead atoms. The van der Waals surface area contributed by atoms with Crippen molar-refractivity contribution in [2.24, 2.45) is 0 Å². The molecule has 0 fully saturated rings. The van der Waals surface area contributed by atoms with Gasteiger partial charge in [0.05, 0.1) is 0 Å². The van der Waals surface area contributed by atoms with Crippen LogP contribution < -0.4 is 5.09 Å². The Morgan fingerprint density at radius 1 is 1.22 bits per heavy atom. The van der Waals surface area contributed by atoms with E-state index in [4.69, 9.17) is 0 Å². The van der Waals surface area contributed by atoms with Crippen molar-refractivity contribution in [2.45, 2.75) is 4.90 Å². The SMILES string of the molecule is PNc1ccc(S)cc1. The van der Waals surface area contributed by atoms with E-state index in [1.807, 2.05) is 24.3 Å². The zero-order chi connectivity index (χ0) is 6.69. The lowest BCUT2D eigenvalue weighted by Gasteiger charge is -1.96. The molecular weight excluding hydrogens is 149 g/mol. The van der Waals surface area contributed by atoms with Gasteiger partial charge in [-0.15, -0.1) is 12.6 Å². The Balaban J connectivity index is 2.88. The van der Waals surface area contributed by atoms with Crippen LogP contribution in [0.1, 0.15) is 0 Å². The predicted octanol–water partition coefficient (Wildman–Crippen LogP) is 2.18. The second kappa shape index (κ2) is 3.09. The van der Waals surface area contributed by atoms with E-state index >= 15 is 0 Å². The molecule has 3 heteroatoms. The summed E-state index contributed by atoms with van der Waals surface area (Å²) in [7, 11) is 2.43. The van der Waals surface area contributed by atoms with Gasteiger partial charge in [0.2, 0.25) is 0 Å². The third-order valence-corrected chi connectivity index (χ3v) is 1.67. The summed E-state index contributed by atoms with van der Waals surface area (Å²) in [6.45, 7) is 0. The van der Waals surface area contributed by atoms with Crippen LogP contribution >= 0.6 is 22.0 Å². The van der Waals surface area contributed by atoms with Gasteiger partial charge in [0, 0.05) is 10.6 Å². The molecule has 1 atom stereocenters. The fourth-order valence-corrected chi connectivity index (χ4v) is 0.899. The van der Waals surface area contributed by atoms with Crippen molar-refractivity contribution in [3.05, 3.63) is 24.3 Å². The first-order chi connectivity index (χ1) is 4.33. The maximum absolute atomic E-state index is 4.14. The number of nitrogens with one attached hydrogen (secondary N) is 1. The zero-order valence-electron chi connectivity index (χ0n) is 4.83. The van der Waals surface area contributed by atoms with Crippen LogP contribution in [-0.2, 0) is 0 Å². The van der Waals surface area contributed by atoms with Crippen molar-refractivity contribution in [3.8, 4) is 0 Å². The number of hydrogen-bond acceptors (Lipinski definition) is 2. The molecule has 1 N–H and O–H groups in total. The van der Waals surface area contributed by atoms with Crippen molar-refractivity contribution >= 4 is 27.7 Å². The molecule has 0 aliphatic heterocycles. The van der Waals surface area contributed by atoms with Gasteiger partial charge in [0.15, 0.2) is 0 Å². The van der Waals surface area contributed by atoms with E-state index in [-0.39, 0.29) is 0 Å². The summed E-state index contributed by atoms with van der Waals surface area (Å²) in [5, 5.41) is 2.94. The number of benzene rings is 1. The Labute approximate surface area is 62.5 Å². The molecule has 0 aliphatic carbocycles. The van der Waals surface area contributed by atoms with Crippen LogP contribution in [-0.4, -0.2) is 0 Å². The van der Waals surface area contributed by atoms with E-state index in [0.717, 1.165) is 10.6 Å². The van der Waals surface area contributed by atoms with Gasteiger partial charge in [-0.1, -0.05) is 0 Å². The highest BCUT2D eigenvalue weighted by molar-refractivity contribution is 7.80. The molecule has 1 unspecified atom stereocenters. The fraction of sp³-hybridized carbons (Fsp3) is 0. The van der Waals surface area contributed by atoms with Gasteiger partial charge in [-0.2, -0.15) is 0 Å². The molecule has 0 aromatic heterocycles. The molecule has 0 saturated carbocycles. The molecule has 9 heavy (non-hydrogen) atoms. The number of rotatable bonds is 1. The van der Waals surface area contributed by atoms with Crippen molar-refractivity contribution < 1.29 is 0 Å². The standard InChI is InChI=1S/C6H8NPS/c8-7-5-1-3-6(9)4-2-5/h1-4,7,9H,8H2. The molecule has 0 spiro atoms. The summed E-state index contributed by atoms with van der Waals surface area (Å²) in [5.74, 6) is 0. The van der Waals surface area contributed by atoms with E-state index in [9.17, 15) is 0 Å². The van der Waals surface area contributed by atoms with Crippen LogP contribution in [0, 0.1) is 0 Å². The topological polar surface area (TPSA) is 12.0 Å². The average molecular weight is 157 g/mol. The van der Waals surface area contributed by atoms with E-state index in [2.05, 4.69) is 27.1 Å². The quantitative estimate of drug-likeness (QED) is 0.470. The zero-order valence-corrected chi connectivity index (χ0v) is 6.88. The molecule has 0 amide bonds. The first kappa shape index (κ1) is 6.91. The summed E-state index contributed by atoms with van der Waals surface area (Å²) in [6, 6.07) is 7.82. The summed E-state index contributed by atoms with van der Waals surface area (Å²) < 4.78 is 0. The molecule has 1 aromatic rings. The lowest BCUT2D eigenvalue weighted by atomic mass is 10.3. The monoisotopic (exact) mass is 157 g/mol. The van der Waals surface area contributed by atoms with Crippen molar-refractivity contribution in [3.63, 3.8) is 0 Å². The molecule has 48 valence electrons. The Kier molecular flexibility index (Phi) is 2.38. The first-order valence-electron chi connectivity index (χ1n) is 2.58. The minimum absolute atomic E-state index is 0.985. The molecule has 1 aromatic carbocycles. The summed E-state index contributed by atoms with van der Waals surface area (Å²) in [5.41, 5.74) is 1.08. The highest BCUT2D eigenvalue weighted by Crippen LogP contribution is 2.12. The van der Waals surface area contributed by atoms with Crippen molar-refractivity contribution in [2.75, 3.05) is 5.09 Å². The molecule has 0 saturated heterocycles. The molecule has 0 aliphatic rings.